The second kappa shape index (κ2) is 9.82. The molecule has 2 amide bonds. The van der Waals surface area contributed by atoms with Crippen molar-refractivity contribution in [2.75, 3.05) is 5.32 Å². The summed E-state index contributed by atoms with van der Waals surface area (Å²) in [4.78, 5) is 33.3. The topological polar surface area (TPSA) is 84.0 Å². The molecular formula is C20H18Cl2N4O2S. The van der Waals surface area contributed by atoms with E-state index < -0.39 is 5.91 Å². The molecule has 0 radical (unpaired) electrons. The number of thiazole rings is 1. The number of hydrogen-bond acceptors (Lipinski definition) is 5. The highest BCUT2D eigenvalue weighted by Crippen LogP contribution is 2.30. The van der Waals surface area contributed by atoms with E-state index in [0.717, 1.165) is 16.3 Å². The van der Waals surface area contributed by atoms with Gasteiger partial charge in [-0.2, -0.15) is 0 Å². The van der Waals surface area contributed by atoms with E-state index in [0.29, 0.717) is 17.9 Å². The number of amides is 2. The van der Waals surface area contributed by atoms with Gasteiger partial charge < -0.3 is 10.6 Å². The van der Waals surface area contributed by atoms with Gasteiger partial charge in [0, 0.05) is 34.8 Å². The summed E-state index contributed by atoms with van der Waals surface area (Å²) in [6.07, 6.45) is 4.42. The Kier molecular flexibility index (Phi) is 7.19. The first kappa shape index (κ1) is 21.2. The van der Waals surface area contributed by atoms with Crippen LogP contribution in [-0.4, -0.2) is 21.8 Å². The Balaban J connectivity index is 1.74. The molecule has 0 unspecified atom stereocenters. The quantitative estimate of drug-likeness (QED) is 0.521. The van der Waals surface area contributed by atoms with Crippen molar-refractivity contribution in [2.45, 2.75) is 26.3 Å². The minimum absolute atomic E-state index is 0.206. The molecule has 0 atom stereocenters. The smallest absolute Gasteiger partial charge is 0.253 e. The zero-order valence-corrected chi connectivity index (χ0v) is 17.9. The fraction of sp³-hybridized carbons (Fsp3) is 0.200. The third-order valence-corrected chi connectivity index (χ3v) is 5.33. The average molecular weight is 449 g/mol. The molecule has 0 saturated heterocycles. The summed E-state index contributed by atoms with van der Waals surface area (Å²) in [5, 5.41) is 8.69. The number of halogens is 2. The van der Waals surface area contributed by atoms with Crippen LogP contribution in [0.2, 0.25) is 10.0 Å². The SMILES string of the molecule is CCCC(=O)Nc1c(Cl)cc(Cl)cc1C(=O)NCc1nc(-c2ccncc2)cs1. The van der Waals surface area contributed by atoms with Crippen molar-refractivity contribution < 1.29 is 9.59 Å². The molecule has 0 aliphatic rings. The van der Waals surface area contributed by atoms with Gasteiger partial charge in [0.25, 0.3) is 5.91 Å². The lowest BCUT2D eigenvalue weighted by Crippen LogP contribution is -2.25. The van der Waals surface area contributed by atoms with Crippen molar-refractivity contribution in [3.8, 4) is 11.3 Å². The Bertz CT molecular complexity index is 1020. The number of hydrogen-bond donors (Lipinski definition) is 2. The van der Waals surface area contributed by atoms with E-state index in [1.807, 2.05) is 24.4 Å². The molecule has 0 fully saturated rings. The minimum atomic E-state index is -0.401. The van der Waals surface area contributed by atoms with Crippen molar-refractivity contribution in [3.63, 3.8) is 0 Å². The van der Waals surface area contributed by atoms with Gasteiger partial charge in [0.15, 0.2) is 0 Å². The second-order valence-electron chi connectivity index (χ2n) is 6.15. The van der Waals surface area contributed by atoms with Gasteiger partial charge in [0.1, 0.15) is 5.01 Å². The lowest BCUT2D eigenvalue weighted by Gasteiger charge is -2.13. The lowest BCUT2D eigenvalue weighted by molar-refractivity contribution is -0.116. The van der Waals surface area contributed by atoms with Crippen LogP contribution in [-0.2, 0) is 11.3 Å². The molecule has 3 aromatic rings. The van der Waals surface area contributed by atoms with Gasteiger partial charge >= 0.3 is 0 Å². The summed E-state index contributed by atoms with van der Waals surface area (Å²) in [5.41, 5.74) is 2.23. The maximum Gasteiger partial charge on any atom is 0.253 e. The number of carbonyl (C=O) groups is 2. The number of carbonyl (C=O) groups excluding carboxylic acids is 2. The molecule has 2 heterocycles. The van der Waals surface area contributed by atoms with Crippen LogP contribution in [0.25, 0.3) is 11.3 Å². The van der Waals surface area contributed by atoms with E-state index in [-0.39, 0.29) is 28.7 Å². The van der Waals surface area contributed by atoms with Gasteiger partial charge in [0.05, 0.1) is 28.5 Å². The molecular weight excluding hydrogens is 431 g/mol. The van der Waals surface area contributed by atoms with Gasteiger partial charge in [-0.05, 0) is 30.7 Å². The summed E-state index contributed by atoms with van der Waals surface area (Å²) < 4.78 is 0. The van der Waals surface area contributed by atoms with E-state index in [2.05, 4.69) is 20.6 Å². The summed E-state index contributed by atoms with van der Waals surface area (Å²) in [7, 11) is 0. The van der Waals surface area contributed by atoms with Crippen molar-refractivity contribution in [1.82, 2.24) is 15.3 Å². The van der Waals surface area contributed by atoms with Crippen LogP contribution in [0.1, 0.15) is 35.1 Å². The molecule has 29 heavy (non-hydrogen) atoms. The normalized spacial score (nSPS) is 10.6. The van der Waals surface area contributed by atoms with E-state index in [1.165, 1.54) is 23.5 Å². The van der Waals surface area contributed by atoms with E-state index in [1.54, 1.807) is 12.4 Å². The second-order valence-corrected chi connectivity index (χ2v) is 7.94. The number of rotatable bonds is 7. The first-order valence-electron chi connectivity index (χ1n) is 8.89. The highest BCUT2D eigenvalue weighted by molar-refractivity contribution is 7.09. The van der Waals surface area contributed by atoms with Gasteiger partial charge in [-0.1, -0.05) is 30.1 Å². The van der Waals surface area contributed by atoms with Crippen LogP contribution in [0.5, 0.6) is 0 Å². The fourth-order valence-corrected chi connectivity index (χ4v) is 3.89. The molecule has 3 rings (SSSR count). The Hall–Kier alpha value is -2.48. The maximum atomic E-state index is 12.7. The predicted octanol–water partition coefficient (Wildman–Crippen LogP) is 5.18. The fourth-order valence-electron chi connectivity index (χ4n) is 2.61. The molecule has 6 nitrogen and oxygen atoms in total. The molecule has 0 aliphatic heterocycles. The zero-order chi connectivity index (χ0) is 20.8. The van der Waals surface area contributed by atoms with E-state index in [9.17, 15) is 9.59 Å². The Morgan fingerprint density at radius 3 is 2.66 bits per heavy atom. The van der Waals surface area contributed by atoms with E-state index >= 15 is 0 Å². The number of benzene rings is 1. The van der Waals surface area contributed by atoms with Crippen molar-refractivity contribution in [1.29, 1.82) is 0 Å². The van der Waals surface area contributed by atoms with Gasteiger partial charge in [0.2, 0.25) is 5.91 Å². The van der Waals surface area contributed by atoms with Crippen LogP contribution < -0.4 is 10.6 Å². The third kappa shape index (κ3) is 5.53. The zero-order valence-electron chi connectivity index (χ0n) is 15.5. The Morgan fingerprint density at radius 1 is 1.17 bits per heavy atom. The van der Waals surface area contributed by atoms with Crippen molar-refractivity contribution >= 4 is 52.0 Å². The first-order valence-corrected chi connectivity index (χ1v) is 10.5. The standard InChI is InChI=1S/C20H18Cl2N4O2S/c1-2-3-17(27)26-19-14(8-13(21)9-15(19)22)20(28)24-10-18-25-16(11-29-18)12-4-6-23-7-5-12/h4-9,11H,2-3,10H2,1H3,(H,24,28)(H,26,27). The number of nitrogens with zero attached hydrogens (tertiary/aromatic N) is 2. The van der Waals surface area contributed by atoms with Crippen molar-refractivity contribution in [2.24, 2.45) is 0 Å². The van der Waals surface area contributed by atoms with Crippen molar-refractivity contribution in [3.05, 3.63) is 62.7 Å². The Labute approximate surface area is 182 Å². The average Bonchev–Trinajstić information content (AvgIpc) is 3.18. The number of nitrogens with one attached hydrogen (secondary N) is 2. The Morgan fingerprint density at radius 2 is 1.93 bits per heavy atom. The molecule has 9 heteroatoms. The molecule has 0 spiro atoms. The molecule has 0 aliphatic carbocycles. The van der Waals surface area contributed by atoms with Crippen LogP contribution in [0.4, 0.5) is 5.69 Å². The first-order chi connectivity index (χ1) is 14.0. The number of anilines is 1. The molecule has 2 aromatic heterocycles. The third-order valence-electron chi connectivity index (χ3n) is 3.97. The monoisotopic (exact) mass is 448 g/mol. The van der Waals surface area contributed by atoms with Crippen LogP contribution in [0.15, 0.2) is 42.0 Å². The number of aromatic nitrogens is 2. The predicted molar refractivity (Wildman–Crippen MR) is 117 cm³/mol. The highest BCUT2D eigenvalue weighted by atomic mass is 35.5. The van der Waals surface area contributed by atoms with Gasteiger partial charge in [-0.25, -0.2) is 4.98 Å². The summed E-state index contributed by atoms with van der Waals surface area (Å²) in [6, 6.07) is 6.71. The summed E-state index contributed by atoms with van der Waals surface area (Å²) in [5.74, 6) is -0.616. The minimum Gasteiger partial charge on any atom is -0.345 e. The van der Waals surface area contributed by atoms with Crippen LogP contribution in [0.3, 0.4) is 0 Å². The summed E-state index contributed by atoms with van der Waals surface area (Å²) >= 11 is 13.7. The van der Waals surface area contributed by atoms with E-state index in [4.69, 9.17) is 23.2 Å². The maximum absolute atomic E-state index is 12.7. The lowest BCUT2D eigenvalue weighted by atomic mass is 10.1. The van der Waals surface area contributed by atoms with Gasteiger partial charge in [-0.15, -0.1) is 11.3 Å². The molecule has 0 bridgehead atoms. The highest BCUT2D eigenvalue weighted by Gasteiger charge is 2.18. The van der Waals surface area contributed by atoms with Crippen LogP contribution in [0, 0.1) is 0 Å². The largest absolute Gasteiger partial charge is 0.345 e. The van der Waals surface area contributed by atoms with Crippen LogP contribution >= 0.6 is 34.5 Å². The number of pyridine rings is 1. The molecule has 150 valence electrons. The molecule has 1 aromatic carbocycles. The molecule has 2 N–H and O–H groups in total. The van der Waals surface area contributed by atoms with Gasteiger partial charge in [-0.3, -0.25) is 14.6 Å². The molecule has 0 saturated carbocycles. The summed E-state index contributed by atoms with van der Waals surface area (Å²) in [6.45, 7) is 2.13.